The Morgan fingerprint density at radius 3 is 2.29 bits per heavy atom. The molecule has 0 aliphatic heterocycles. The fourth-order valence-electron chi connectivity index (χ4n) is 3.22. The number of hydrogen-bond acceptors (Lipinski definition) is 5. The van der Waals surface area contributed by atoms with Crippen molar-refractivity contribution < 1.29 is 22.7 Å². The molecule has 0 saturated carbocycles. The predicted octanol–water partition coefficient (Wildman–Crippen LogP) is 4.68. The number of halogens is 1. The molecule has 0 fully saturated rings. The number of anilines is 1. The molecule has 34 heavy (non-hydrogen) atoms. The number of carbonyl (C=O) groups excluding carboxylic acids is 1. The van der Waals surface area contributed by atoms with Gasteiger partial charge in [-0.2, -0.15) is 0 Å². The summed E-state index contributed by atoms with van der Waals surface area (Å²) in [4.78, 5) is 12.9. The lowest BCUT2D eigenvalue weighted by atomic mass is 10.2. The molecular weight excluding hydrogens is 520 g/mol. The van der Waals surface area contributed by atoms with Gasteiger partial charge in [-0.15, -0.1) is 0 Å². The maximum atomic E-state index is 13.5. The summed E-state index contributed by atoms with van der Waals surface area (Å²) in [7, 11) is -2.53. The highest BCUT2D eigenvalue weighted by Crippen LogP contribution is 2.30. The third-order valence-corrected chi connectivity index (χ3v) is 7.43. The van der Waals surface area contributed by atoms with E-state index in [1.165, 1.54) is 19.2 Å². The Morgan fingerprint density at radius 2 is 1.71 bits per heavy atom. The average Bonchev–Trinajstić information content (AvgIpc) is 2.83. The van der Waals surface area contributed by atoms with Gasteiger partial charge in [-0.25, -0.2) is 8.42 Å². The minimum absolute atomic E-state index is 0.0417. The summed E-state index contributed by atoms with van der Waals surface area (Å²) in [5, 5.41) is 2.80. The maximum absolute atomic E-state index is 13.5. The molecule has 9 heteroatoms. The van der Waals surface area contributed by atoms with Crippen molar-refractivity contribution in [2.24, 2.45) is 0 Å². The summed E-state index contributed by atoms with van der Waals surface area (Å²) in [6.45, 7) is 4.29. The van der Waals surface area contributed by atoms with Gasteiger partial charge in [0, 0.05) is 6.54 Å². The van der Waals surface area contributed by atoms with Gasteiger partial charge in [-0.1, -0.05) is 29.8 Å². The van der Waals surface area contributed by atoms with Crippen LogP contribution in [0.2, 0.25) is 0 Å². The highest BCUT2D eigenvalue weighted by molar-refractivity contribution is 9.10. The van der Waals surface area contributed by atoms with Crippen molar-refractivity contribution in [2.45, 2.75) is 25.3 Å². The molecule has 0 aliphatic carbocycles. The van der Waals surface area contributed by atoms with Gasteiger partial charge in [0.2, 0.25) is 5.91 Å². The molecule has 180 valence electrons. The number of methoxy groups -OCH3 is 1. The lowest BCUT2D eigenvalue weighted by Gasteiger charge is -2.24. The molecule has 0 spiro atoms. The highest BCUT2D eigenvalue weighted by Gasteiger charge is 2.28. The van der Waals surface area contributed by atoms with Crippen molar-refractivity contribution in [1.29, 1.82) is 0 Å². The first-order valence-corrected chi connectivity index (χ1v) is 12.9. The summed E-state index contributed by atoms with van der Waals surface area (Å²) < 4.78 is 39.3. The first kappa shape index (κ1) is 25.6. The van der Waals surface area contributed by atoms with Gasteiger partial charge in [0.05, 0.1) is 28.8 Å². The first-order valence-electron chi connectivity index (χ1n) is 10.7. The van der Waals surface area contributed by atoms with Crippen molar-refractivity contribution in [3.05, 3.63) is 82.3 Å². The maximum Gasteiger partial charge on any atom is 0.264 e. The van der Waals surface area contributed by atoms with Gasteiger partial charge in [0.15, 0.2) is 0 Å². The van der Waals surface area contributed by atoms with Crippen LogP contribution in [0.25, 0.3) is 0 Å². The Hall–Kier alpha value is -3.04. The largest absolute Gasteiger partial charge is 0.496 e. The summed E-state index contributed by atoms with van der Waals surface area (Å²) in [6, 6.07) is 18.8. The van der Waals surface area contributed by atoms with E-state index in [1.54, 1.807) is 30.3 Å². The molecule has 0 saturated heterocycles. The first-order chi connectivity index (χ1) is 16.2. The quantitative estimate of drug-likeness (QED) is 0.399. The summed E-state index contributed by atoms with van der Waals surface area (Å²) in [5.74, 6) is 0.833. The number of carbonyl (C=O) groups is 1. The topological polar surface area (TPSA) is 84.9 Å². The van der Waals surface area contributed by atoms with Crippen LogP contribution in [0.15, 0.2) is 76.1 Å². The van der Waals surface area contributed by atoms with Crippen molar-refractivity contribution in [1.82, 2.24) is 5.32 Å². The second-order valence-corrected chi connectivity index (χ2v) is 10.2. The fraction of sp³-hybridized carbons (Fsp3) is 0.240. The van der Waals surface area contributed by atoms with E-state index in [0.29, 0.717) is 22.5 Å². The van der Waals surface area contributed by atoms with Crippen molar-refractivity contribution in [3.8, 4) is 11.5 Å². The predicted molar refractivity (Wildman–Crippen MR) is 136 cm³/mol. The number of benzene rings is 3. The second-order valence-electron chi connectivity index (χ2n) is 7.50. The Balaban J connectivity index is 1.82. The molecule has 0 heterocycles. The van der Waals surface area contributed by atoms with E-state index in [2.05, 4.69) is 21.2 Å². The number of rotatable bonds is 10. The zero-order valence-electron chi connectivity index (χ0n) is 19.2. The standard InChI is InChI=1S/C25H27BrN2O5S/c1-4-33-21-11-7-19(8-12-21)16-27-25(29)17-28(20-9-5-18(2)6-10-20)34(30,31)22-13-14-24(32-3)23(26)15-22/h5-15H,4,16-17H2,1-3H3,(H,27,29). The molecule has 0 aliphatic rings. The molecule has 3 aromatic carbocycles. The summed E-state index contributed by atoms with van der Waals surface area (Å²) >= 11 is 3.33. The highest BCUT2D eigenvalue weighted by atomic mass is 79.9. The third-order valence-electron chi connectivity index (χ3n) is 5.04. The molecule has 1 N–H and O–H groups in total. The van der Waals surface area contributed by atoms with Gasteiger partial charge in [0.25, 0.3) is 10.0 Å². The van der Waals surface area contributed by atoms with Crippen LogP contribution in [0, 0.1) is 6.92 Å². The van der Waals surface area contributed by atoms with Crippen LogP contribution in [0.5, 0.6) is 11.5 Å². The lowest BCUT2D eigenvalue weighted by molar-refractivity contribution is -0.119. The van der Waals surface area contributed by atoms with Crippen molar-refractivity contribution >= 4 is 37.5 Å². The van der Waals surface area contributed by atoms with E-state index in [0.717, 1.165) is 21.2 Å². The molecule has 3 aromatic rings. The van der Waals surface area contributed by atoms with Gasteiger partial charge in [0.1, 0.15) is 18.0 Å². The molecule has 1 amide bonds. The fourth-order valence-corrected chi connectivity index (χ4v) is 5.36. The van der Waals surface area contributed by atoms with Crippen LogP contribution in [0.4, 0.5) is 5.69 Å². The molecule has 7 nitrogen and oxygen atoms in total. The number of ether oxygens (including phenoxy) is 2. The van der Waals surface area contributed by atoms with Crippen LogP contribution in [0.3, 0.4) is 0 Å². The van der Waals surface area contributed by atoms with E-state index in [1.807, 2.05) is 38.1 Å². The Morgan fingerprint density at radius 1 is 1.03 bits per heavy atom. The van der Waals surface area contributed by atoms with Crippen LogP contribution in [-0.4, -0.2) is 34.6 Å². The molecule has 0 radical (unpaired) electrons. The average molecular weight is 547 g/mol. The molecule has 0 unspecified atom stereocenters. The minimum Gasteiger partial charge on any atom is -0.496 e. The van der Waals surface area contributed by atoms with Crippen LogP contribution >= 0.6 is 15.9 Å². The van der Waals surface area contributed by atoms with Crippen molar-refractivity contribution in [3.63, 3.8) is 0 Å². The van der Waals surface area contributed by atoms with E-state index in [-0.39, 0.29) is 18.0 Å². The Labute approximate surface area is 208 Å². The monoisotopic (exact) mass is 546 g/mol. The van der Waals surface area contributed by atoms with Gasteiger partial charge in [-0.3, -0.25) is 9.10 Å². The lowest BCUT2D eigenvalue weighted by Crippen LogP contribution is -2.40. The molecule has 0 bridgehead atoms. The minimum atomic E-state index is -4.03. The normalized spacial score (nSPS) is 11.1. The number of sulfonamides is 1. The number of hydrogen-bond donors (Lipinski definition) is 1. The van der Waals surface area contributed by atoms with Crippen LogP contribution < -0.4 is 19.1 Å². The zero-order chi connectivity index (χ0) is 24.7. The molecular formula is C25H27BrN2O5S. The van der Waals surface area contributed by atoms with E-state index >= 15 is 0 Å². The van der Waals surface area contributed by atoms with Gasteiger partial charge < -0.3 is 14.8 Å². The SMILES string of the molecule is CCOc1ccc(CNC(=O)CN(c2ccc(C)cc2)S(=O)(=O)c2ccc(OC)c(Br)c2)cc1. The smallest absolute Gasteiger partial charge is 0.264 e. The van der Waals surface area contributed by atoms with Crippen LogP contribution in [0.1, 0.15) is 18.1 Å². The zero-order valence-corrected chi connectivity index (χ0v) is 21.6. The van der Waals surface area contributed by atoms with Crippen molar-refractivity contribution in [2.75, 3.05) is 24.6 Å². The van der Waals surface area contributed by atoms with Crippen LogP contribution in [-0.2, 0) is 21.4 Å². The number of aryl methyl sites for hydroxylation is 1. The van der Waals surface area contributed by atoms with Gasteiger partial charge >= 0.3 is 0 Å². The molecule has 0 aromatic heterocycles. The number of nitrogens with one attached hydrogen (secondary N) is 1. The molecule has 0 atom stereocenters. The molecule has 3 rings (SSSR count). The van der Waals surface area contributed by atoms with E-state index < -0.39 is 15.9 Å². The number of amides is 1. The van der Waals surface area contributed by atoms with Gasteiger partial charge in [-0.05, 0) is 77.8 Å². The second kappa shape index (κ2) is 11.4. The Bertz CT molecular complexity index is 1230. The number of nitrogens with zero attached hydrogens (tertiary/aromatic N) is 1. The van der Waals surface area contributed by atoms with E-state index in [9.17, 15) is 13.2 Å². The van der Waals surface area contributed by atoms with E-state index in [4.69, 9.17) is 9.47 Å². The summed E-state index contributed by atoms with van der Waals surface area (Å²) in [5.41, 5.74) is 2.25. The third kappa shape index (κ3) is 6.30. The Kier molecular flexibility index (Phi) is 8.57. The summed E-state index contributed by atoms with van der Waals surface area (Å²) in [6.07, 6.45) is 0.